The number of amides is 2. The van der Waals surface area contributed by atoms with Gasteiger partial charge in [-0.25, -0.2) is 4.79 Å². The van der Waals surface area contributed by atoms with Gasteiger partial charge in [0.15, 0.2) is 5.84 Å². The predicted octanol–water partition coefficient (Wildman–Crippen LogP) is 0.907. The Kier molecular flexibility index (Phi) is 5.06. The van der Waals surface area contributed by atoms with Crippen molar-refractivity contribution in [2.24, 2.45) is 16.8 Å². The number of rotatable bonds is 3. The van der Waals surface area contributed by atoms with Crippen LogP contribution in [0.2, 0.25) is 0 Å². The molecule has 0 spiro atoms. The first-order valence-corrected chi connectivity index (χ1v) is 6.08. The molecular formula is C11H22N4O2. The Hall–Kier alpha value is -1.46. The highest BCUT2D eigenvalue weighted by Gasteiger charge is 2.24. The van der Waals surface area contributed by atoms with Gasteiger partial charge in [0.25, 0.3) is 0 Å². The Morgan fingerprint density at radius 3 is 2.59 bits per heavy atom. The first-order valence-electron chi connectivity index (χ1n) is 6.08. The molecule has 6 heteroatoms. The molecule has 0 saturated carbocycles. The van der Waals surface area contributed by atoms with E-state index in [1.165, 1.54) is 0 Å². The zero-order valence-electron chi connectivity index (χ0n) is 10.6. The van der Waals surface area contributed by atoms with Gasteiger partial charge in [-0.3, -0.25) is 0 Å². The molecule has 6 nitrogen and oxygen atoms in total. The zero-order valence-corrected chi connectivity index (χ0v) is 10.6. The molecule has 1 saturated heterocycles. The molecule has 0 aliphatic carbocycles. The van der Waals surface area contributed by atoms with Crippen molar-refractivity contribution in [3.05, 3.63) is 0 Å². The van der Waals surface area contributed by atoms with Gasteiger partial charge in [-0.05, 0) is 25.7 Å². The van der Waals surface area contributed by atoms with Crippen LogP contribution in [-0.2, 0) is 0 Å². The second kappa shape index (κ2) is 6.32. The van der Waals surface area contributed by atoms with Gasteiger partial charge in [0, 0.05) is 19.6 Å². The predicted molar refractivity (Wildman–Crippen MR) is 66.0 cm³/mol. The Morgan fingerprint density at radius 2 is 2.12 bits per heavy atom. The van der Waals surface area contributed by atoms with E-state index >= 15 is 0 Å². The third-order valence-electron chi connectivity index (χ3n) is 3.19. The molecule has 1 rings (SSSR count). The molecule has 0 atom stereocenters. The highest BCUT2D eigenvalue weighted by molar-refractivity contribution is 5.86. The van der Waals surface area contributed by atoms with Crippen LogP contribution in [0.3, 0.4) is 0 Å². The molecule has 2 amide bonds. The number of nitrogens with zero attached hydrogens (tertiary/aromatic N) is 3. The molecule has 0 unspecified atom stereocenters. The second-order valence-corrected chi connectivity index (χ2v) is 4.56. The van der Waals surface area contributed by atoms with Crippen molar-refractivity contribution in [3.63, 3.8) is 0 Å². The maximum absolute atomic E-state index is 12.1. The number of hydrogen-bond acceptors (Lipinski definition) is 3. The van der Waals surface area contributed by atoms with E-state index in [1.54, 1.807) is 4.90 Å². The van der Waals surface area contributed by atoms with E-state index in [2.05, 4.69) is 12.1 Å². The molecular weight excluding hydrogens is 220 g/mol. The van der Waals surface area contributed by atoms with Gasteiger partial charge in [-0.15, -0.1) is 0 Å². The molecule has 0 aromatic carbocycles. The molecule has 1 fully saturated rings. The molecule has 1 heterocycles. The lowest BCUT2D eigenvalue weighted by atomic mass is 10.00. The van der Waals surface area contributed by atoms with E-state index in [1.807, 2.05) is 11.8 Å². The van der Waals surface area contributed by atoms with Crippen molar-refractivity contribution in [1.29, 1.82) is 0 Å². The summed E-state index contributed by atoms with van der Waals surface area (Å²) in [4.78, 5) is 15.6. The lowest BCUT2D eigenvalue weighted by Gasteiger charge is -2.34. The molecule has 17 heavy (non-hydrogen) atoms. The monoisotopic (exact) mass is 242 g/mol. The van der Waals surface area contributed by atoms with Gasteiger partial charge >= 0.3 is 6.03 Å². The zero-order chi connectivity index (χ0) is 12.8. The Bertz CT molecular complexity index is 285. The van der Waals surface area contributed by atoms with Gasteiger partial charge < -0.3 is 20.7 Å². The summed E-state index contributed by atoms with van der Waals surface area (Å²) in [6, 6.07) is -0.0222. The summed E-state index contributed by atoms with van der Waals surface area (Å²) in [5, 5.41) is 11.4. The van der Waals surface area contributed by atoms with Crippen LogP contribution in [-0.4, -0.2) is 53.1 Å². The van der Waals surface area contributed by atoms with E-state index in [4.69, 9.17) is 10.9 Å². The summed E-state index contributed by atoms with van der Waals surface area (Å²) >= 11 is 0. The van der Waals surface area contributed by atoms with Crippen LogP contribution in [0, 0.1) is 5.92 Å². The maximum Gasteiger partial charge on any atom is 0.320 e. The number of carbonyl (C=O) groups is 1. The number of oxime groups is 1. The lowest BCUT2D eigenvalue weighted by Crippen LogP contribution is -2.48. The smallest absolute Gasteiger partial charge is 0.320 e. The number of likely N-dealkylation sites (N-methyl/N-ethyl adjacent to an activating group) is 1. The van der Waals surface area contributed by atoms with Crippen molar-refractivity contribution >= 4 is 11.9 Å². The van der Waals surface area contributed by atoms with Crippen molar-refractivity contribution in [3.8, 4) is 0 Å². The van der Waals surface area contributed by atoms with Gasteiger partial charge in [0.05, 0.1) is 6.54 Å². The minimum Gasteiger partial charge on any atom is -0.409 e. The first kappa shape index (κ1) is 13.6. The molecule has 98 valence electrons. The largest absolute Gasteiger partial charge is 0.409 e. The second-order valence-electron chi connectivity index (χ2n) is 4.56. The quantitative estimate of drug-likeness (QED) is 0.334. The average Bonchev–Trinajstić information content (AvgIpc) is 2.35. The van der Waals surface area contributed by atoms with Crippen LogP contribution in [0.25, 0.3) is 0 Å². The minimum absolute atomic E-state index is 0.0222. The number of carbonyl (C=O) groups excluding carboxylic acids is 1. The van der Waals surface area contributed by atoms with Gasteiger partial charge in [0.2, 0.25) is 0 Å². The number of urea groups is 1. The third kappa shape index (κ3) is 3.80. The van der Waals surface area contributed by atoms with Crippen LogP contribution < -0.4 is 5.73 Å². The van der Waals surface area contributed by atoms with Crippen LogP contribution in [0.1, 0.15) is 26.7 Å². The fourth-order valence-corrected chi connectivity index (χ4v) is 1.94. The van der Waals surface area contributed by atoms with Crippen molar-refractivity contribution in [2.75, 3.05) is 26.2 Å². The van der Waals surface area contributed by atoms with Gasteiger partial charge in [-0.1, -0.05) is 12.1 Å². The van der Waals surface area contributed by atoms with Crippen molar-refractivity contribution in [1.82, 2.24) is 9.80 Å². The van der Waals surface area contributed by atoms with Crippen molar-refractivity contribution in [2.45, 2.75) is 26.7 Å². The SMILES string of the molecule is CCN(CC(N)=NO)C(=O)N1CCC(C)CC1. The number of amidine groups is 1. The topological polar surface area (TPSA) is 82.2 Å². The van der Waals surface area contributed by atoms with Gasteiger partial charge in [-0.2, -0.15) is 0 Å². The fourth-order valence-electron chi connectivity index (χ4n) is 1.94. The fraction of sp³-hybridized carbons (Fsp3) is 0.818. The Morgan fingerprint density at radius 1 is 1.53 bits per heavy atom. The van der Waals surface area contributed by atoms with Crippen LogP contribution in [0.5, 0.6) is 0 Å². The molecule has 0 radical (unpaired) electrons. The van der Waals surface area contributed by atoms with E-state index < -0.39 is 0 Å². The summed E-state index contributed by atoms with van der Waals surface area (Å²) in [7, 11) is 0. The molecule has 1 aliphatic heterocycles. The third-order valence-corrected chi connectivity index (χ3v) is 3.19. The van der Waals surface area contributed by atoms with Gasteiger partial charge in [0.1, 0.15) is 0 Å². The number of hydrogen-bond donors (Lipinski definition) is 2. The van der Waals surface area contributed by atoms with E-state index in [0.717, 1.165) is 25.9 Å². The number of likely N-dealkylation sites (tertiary alicyclic amines) is 1. The summed E-state index contributed by atoms with van der Waals surface area (Å²) < 4.78 is 0. The minimum atomic E-state index is -0.0222. The maximum atomic E-state index is 12.1. The first-order chi connectivity index (χ1) is 8.08. The normalized spacial score (nSPS) is 18.2. The summed E-state index contributed by atoms with van der Waals surface area (Å²) in [5.41, 5.74) is 5.43. The summed E-state index contributed by atoms with van der Waals surface area (Å²) in [6.45, 7) is 6.42. The average molecular weight is 242 g/mol. The van der Waals surface area contributed by atoms with E-state index in [0.29, 0.717) is 12.5 Å². The Labute approximate surface area is 102 Å². The Balaban J connectivity index is 2.54. The van der Waals surface area contributed by atoms with Crippen LogP contribution >= 0.6 is 0 Å². The lowest BCUT2D eigenvalue weighted by molar-refractivity contribution is 0.141. The number of piperidine rings is 1. The van der Waals surface area contributed by atoms with E-state index in [9.17, 15) is 4.79 Å². The molecule has 0 bridgehead atoms. The molecule has 0 aromatic rings. The molecule has 1 aliphatic rings. The summed E-state index contributed by atoms with van der Waals surface area (Å²) in [6.07, 6.45) is 2.10. The molecule has 3 N–H and O–H groups in total. The molecule has 0 aromatic heterocycles. The van der Waals surface area contributed by atoms with Crippen LogP contribution in [0.4, 0.5) is 4.79 Å². The number of nitrogens with two attached hydrogens (primary N) is 1. The van der Waals surface area contributed by atoms with Crippen molar-refractivity contribution < 1.29 is 10.0 Å². The highest BCUT2D eigenvalue weighted by Crippen LogP contribution is 2.17. The van der Waals surface area contributed by atoms with Crippen LogP contribution in [0.15, 0.2) is 5.16 Å². The summed E-state index contributed by atoms with van der Waals surface area (Å²) in [5.74, 6) is 0.753. The standard InChI is InChI=1S/C11H22N4O2/c1-3-14(8-10(12)13-17)11(16)15-6-4-9(2)5-7-15/h9,17H,3-8H2,1-2H3,(H2,12,13). The highest BCUT2D eigenvalue weighted by atomic mass is 16.4. The van der Waals surface area contributed by atoms with E-state index in [-0.39, 0.29) is 18.4 Å².